The molecule has 0 spiro atoms. The highest BCUT2D eigenvalue weighted by Gasteiger charge is 2.03. The van der Waals surface area contributed by atoms with Crippen LogP contribution in [0.1, 0.15) is 18.1 Å². The first-order valence-electron chi connectivity index (χ1n) is 7.43. The van der Waals surface area contributed by atoms with E-state index in [-0.39, 0.29) is 12.5 Å². The molecule has 0 aliphatic carbocycles. The molecular formula is C18H20N2O3. The van der Waals surface area contributed by atoms with Gasteiger partial charge in [-0.05, 0) is 37.6 Å². The summed E-state index contributed by atoms with van der Waals surface area (Å²) in [5, 5.41) is 3.93. The van der Waals surface area contributed by atoms with Crippen molar-refractivity contribution in [1.82, 2.24) is 5.43 Å². The van der Waals surface area contributed by atoms with Crippen molar-refractivity contribution in [3.8, 4) is 11.5 Å². The second kappa shape index (κ2) is 8.58. The molecule has 0 bridgehead atoms. The number of benzene rings is 2. The maximum Gasteiger partial charge on any atom is 0.277 e. The summed E-state index contributed by atoms with van der Waals surface area (Å²) >= 11 is 0. The van der Waals surface area contributed by atoms with Crippen LogP contribution in [0.3, 0.4) is 0 Å². The van der Waals surface area contributed by atoms with Crippen LogP contribution in [-0.2, 0) is 4.79 Å². The topological polar surface area (TPSA) is 59.9 Å². The predicted octanol–water partition coefficient (Wildman–Crippen LogP) is 2.92. The molecule has 0 saturated heterocycles. The van der Waals surface area contributed by atoms with Crippen molar-refractivity contribution in [3.63, 3.8) is 0 Å². The van der Waals surface area contributed by atoms with Crippen LogP contribution in [0.5, 0.6) is 11.5 Å². The third kappa shape index (κ3) is 5.14. The normalized spacial score (nSPS) is 10.5. The zero-order valence-electron chi connectivity index (χ0n) is 13.3. The largest absolute Gasteiger partial charge is 0.493 e. The summed E-state index contributed by atoms with van der Waals surface area (Å²) in [6.45, 7) is 4.32. The minimum absolute atomic E-state index is 0.0880. The number of hydrazone groups is 1. The van der Waals surface area contributed by atoms with E-state index in [1.54, 1.807) is 6.21 Å². The second-order valence-electron chi connectivity index (χ2n) is 4.82. The van der Waals surface area contributed by atoms with Crippen molar-refractivity contribution in [2.24, 2.45) is 5.10 Å². The predicted molar refractivity (Wildman–Crippen MR) is 90.0 cm³/mol. The van der Waals surface area contributed by atoms with E-state index in [1.807, 2.05) is 62.4 Å². The molecule has 0 aliphatic heterocycles. The average molecular weight is 312 g/mol. The SMILES string of the molecule is CCOc1ccccc1/C=N/NC(=O)COc1ccccc1C. The first-order valence-corrected chi connectivity index (χ1v) is 7.43. The molecule has 0 aliphatic rings. The minimum atomic E-state index is -0.321. The summed E-state index contributed by atoms with van der Waals surface area (Å²) in [5.74, 6) is 1.09. The quantitative estimate of drug-likeness (QED) is 0.631. The lowest BCUT2D eigenvalue weighted by Gasteiger charge is -2.08. The summed E-state index contributed by atoms with van der Waals surface area (Å²) in [6.07, 6.45) is 1.55. The third-order valence-electron chi connectivity index (χ3n) is 3.06. The van der Waals surface area contributed by atoms with Gasteiger partial charge in [-0.2, -0.15) is 5.10 Å². The Morgan fingerprint density at radius 3 is 2.52 bits per heavy atom. The Kier molecular flexibility index (Phi) is 6.17. The van der Waals surface area contributed by atoms with Crippen LogP contribution in [0.4, 0.5) is 0 Å². The van der Waals surface area contributed by atoms with Crippen LogP contribution in [0.25, 0.3) is 0 Å². The summed E-state index contributed by atoms with van der Waals surface area (Å²) in [6, 6.07) is 15.0. The standard InChI is InChI=1S/C18H20N2O3/c1-3-22-17-11-7-5-9-15(17)12-19-20-18(21)13-23-16-10-6-4-8-14(16)2/h4-12H,3,13H2,1-2H3,(H,20,21)/b19-12+. The Balaban J connectivity index is 1.86. The van der Waals surface area contributed by atoms with E-state index in [4.69, 9.17) is 9.47 Å². The number of rotatable bonds is 7. The molecule has 0 saturated carbocycles. The average Bonchev–Trinajstić information content (AvgIpc) is 2.56. The van der Waals surface area contributed by atoms with E-state index in [0.717, 1.165) is 16.9 Å². The van der Waals surface area contributed by atoms with Crippen molar-refractivity contribution in [2.45, 2.75) is 13.8 Å². The van der Waals surface area contributed by atoms with E-state index >= 15 is 0 Å². The molecule has 5 nitrogen and oxygen atoms in total. The summed E-state index contributed by atoms with van der Waals surface area (Å²) < 4.78 is 10.9. The highest BCUT2D eigenvalue weighted by atomic mass is 16.5. The van der Waals surface area contributed by atoms with Gasteiger partial charge in [0.15, 0.2) is 6.61 Å². The number of nitrogens with one attached hydrogen (secondary N) is 1. The van der Waals surface area contributed by atoms with Gasteiger partial charge >= 0.3 is 0 Å². The zero-order chi connectivity index (χ0) is 16.5. The van der Waals surface area contributed by atoms with Gasteiger partial charge in [-0.15, -0.1) is 0 Å². The van der Waals surface area contributed by atoms with Crippen molar-refractivity contribution >= 4 is 12.1 Å². The van der Waals surface area contributed by atoms with E-state index in [9.17, 15) is 4.79 Å². The lowest BCUT2D eigenvalue weighted by molar-refractivity contribution is -0.123. The minimum Gasteiger partial charge on any atom is -0.493 e. The van der Waals surface area contributed by atoms with Crippen LogP contribution < -0.4 is 14.9 Å². The molecule has 120 valence electrons. The maximum atomic E-state index is 11.7. The number of aryl methyl sites for hydroxylation is 1. The molecule has 0 radical (unpaired) electrons. The van der Waals surface area contributed by atoms with Crippen molar-refractivity contribution in [1.29, 1.82) is 0 Å². The molecule has 0 heterocycles. The lowest BCUT2D eigenvalue weighted by atomic mass is 10.2. The number of ether oxygens (including phenoxy) is 2. The van der Waals surface area contributed by atoms with Gasteiger partial charge in [-0.3, -0.25) is 4.79 Å². The molecule has 2 aromatic carbocycles. The van der Waals surface area contributed by atoms with E-state index in [1.165, 1.54) is 0 Å². The summed E-state index contributed by atoms with van der Waals surface area (Å²) in [4.78, 5) is 11.7. The number of hydrogen-bond acceptors (Lipinski definition) is 4. The molecule has 5 heteroatoms. The lowest BCUT2D eigenvalue weighted by Crippen LogP contribution is -2.24. The Bertz CT molecular complexity index is 683. The van der Waals surface area contributed by atoms with Gasteiger partial charge in [-0.1, -0.05) is 30.3 Å². The highest BCUT2D eigenvalue weighted by molar-refractivity contribution is 5.85. The Labute approximate surface area is 135 Å². The molecule has 0 unspecified atom stereocenters. The van der Waals surface area contributed by atoms with Crippen LogP contribution >= 0.6 is 0 Å². The first-order chi connectivity index (χ1) is 11.2. The number of amides is 1. The number of para-hydroxylation sites is 2. The second-order valence-corrected chi connectivity index (χ2v) is 4.82. The number of nitrogens with zero attached hydrogens (tertiary/aromatic N) is 1. The molecule has 0 atom stereocenters. The van der Waals surface area contributed by atoms with Gasteiger partial charge in [0.2, 0.25) is 0 Å². The molecule has 2 rings (SSSR count). The van der Waals surface area contributed by atoms with Crippen molar-refractivity contribution < 1.29 is 14.3 Å². The maximum absolute atomic E-state index is 11.7. The van der Waals surface area contributed by atoms with Gasteiger partial charge in [0.25, 0.3) is 5.91 Å². The number of carbonyl (C=O) groups is 1. The van der Waals surface area contributed by atoms with Crippen molar-refractivity contribution in [3.05, 3.63) is 59.7 Å². The molecule has 23 heavy (non-hydrogen) atoms. The molecule has 1 amide bonds. The van der Waals surface area contributed by atoms with Gasteiger partial charge in [-0.25, -0.2) is 5.43 Å². The summed E-state index contributed by atoms with van der Waals surface area (Å²) in [7, 11) is 0. The fourth-order valence-corrected chi connectivity index (χ4v) is 1.94. The number of carbonyl (C=O) groups excluding carboxylic acids is 1. The monoisotopic (exact) mass is 312 g/mol. The molecule has 0 fully saturated rings. The fraction of sp³-hybridized carbons (Fsp3) is 0.222. The highest BCUT2D eigenvalue weighted by Crippen LogP contribution is 2.16. The van der Waals surface area contributed by atoms with Gasteiger partial charge in [0.1, 0.15) is 11.5 Å². The van der Waals surface area contributed by atoms with Crippen molar-refractivity contribution in [2.75, 3.05) is 13.2 Å². The fourth-order valence-electron chi connectivity index (χ4n) is 1.94. The first kappa shape index (κ1) is 16.5. The van der Waals surface area contributed by atoms with E-state index < -0.39 is 0 Å². The van der Waals surface area contributed by atoms with Crippen LogP contribution in [-0.4, -0.2) is 25.3 Å². The van der Waals surface area contributed by atoms with E-state index in [0.29, 0.717) is 12.4 Å². The molecule has 0 aromatic heterocycles. The molecular weight excluding hydrogens is 292 g/mol. The zero-order valence-corrected chi connectivity index (χ0v) is 13.3. The molecule has 2 aromatic rings. The molecule has 1 N–H and O–H groups in total. The van der Waals surface area contributed by atoms with Crippen LogP contribution in [0, 0.1) is 6.92 Å². The van der Waals surface area contributed by atoms with E-state index in [2.05, 4.69) is 10.5 Å². The van der Waals surface area contributed by atoms with Gasteiger partial charge < -0.3 is 9.47 Å². The summed E-state index contributed by atoms with van der Waals surface area (Å²) in [5.41, 5.74) is 4.22. The third-order valence-corrected chi connectivity index (χ3v) is 3.06. The Morgan fingerprint density at radius 2 is 1.78 bits per heavy atom. The van der Waals surface area contributed by atoms with Gasteiger partial charge in [0.05, 0.1) is 12.8 Å². The van der Waals surface area contributed by atoms with Gasteiger partial charge in [0, 0.05) is 5.56 Å². The smallest absolute Gasteiger partial charge is 0.277 e. The number of hydrogen-bond donors (Lipinski definition) is 1. The van der Waals surface area contributed by atoms with Crippen LogP contribution in [0.15, 0.2) is 53.6 Å². The Hall–Kier alpha value is -2.82. The Morgan fingerprint density at radius 1 is 1.09 bits per heavy atom. The van der Waals surface area contributed by atoms with Crippen LogP contribution in [0.2, 0.25) is 0 Å².